The molecule has 5 nitrogen and oxygen atoms in total. The minimum absolute atomic E-state index is 0.0836. The number of halogens is 3. The average molecular weight is 461 g/mol. The summed E-state index contributed by atoms with van der Waals surface area (Å²) in [6.07, 6.45) is 2.89. The van der Waals surface area contributed by atoms with E-state index in [0.717, 1.165) is 3.57 Å². The van der Waals surface area contributed by atoms with E-state index < -0.39 is 11.8 Å². The molecule has 1 N–H and O–H groups in total. The molecule has 0 aliphatic carbocycles. The minimum Gasteiger partial charge on any atom is -0.460 e. The Hall–Kier alpha value is -1.87. The summed E-state index contributed by atoms with van der Waals surface area (Å²) in [6, 6.07) is 4.69. The maximum Gasteiger partial charge on any atom is 0.376 e. The summed E-state index contributed by atoms with van der Waals surface area (Å²) < 4.78 is 25.4. The molecule has 3 rings (SSSR count). The van der Waals surface area contributed by atoms with Crippen molar-refractivity contribution in [2.24, 2.45) is 0 Å². The zero-order valence-electron chi connectivity index (χ0n) is 12.4. The summed E-state index contributed by atoms with van der Waals surface area (Å²) in [4.78, 5) is 16.2. The number of hydrogen-bond acceptors (Lipinski definition) is 5. The maximum atomic E-state index is 14.1. The summed E-state index contributed by atoms with van der Waals surface area (Å²) in [6.45, 7) is 1.86. The van der Waals surface area contributed by atoms with Gasteiger partial charge in [0.1, 0.15) is 16.5 Å². The number of esters is 1. The second-order valence-corrected chi connectivity index (χ2v) is 6.43. The molecule has 0 aliphatic heterocycles. The van der Waals surface area contributed by atoms with Crippen LogP contribution < -0.4 is 5.32 Å². The van der Waals surface area contributed by atoms with Crippen LogP contribution in [-0.4, -0.2) is 17.6 Å². The Morgan fingerprint density at radius 2 is 2.25 bits per heavy atom. The lowest BCUT2D eigenvalue weighted by atomic mass is 10.2. The lowest BCUT2D eigenvalue weighted by molar-refractivity contribution is 0.0494. The van der Waals surface area contributed by atoms with Crippen LogP contribution in [0, 0.1) is 9.39 Å². The Balaban J connectivity index is 2.15. The van der Waals surface area contributed by atoms with Gasteiger partial charge in [0.15, 0.2) is 5.58 Å². The van der Waals surface area contributed by atoms with Crippen LogP contribution in [0.3, 0.4) is 0 Å². The van der Waals surface area contributed by atoms with Crippen molar-refractivity contribution >= 4 is 62.5 Å². The van der Waals surface area contributed by atoms with Gasteiger partial charge >= 0.3 is 5.97 Å². The number of aromatic nitrogens is 1. The fraction of sp³-hybridized carbons (Fsp3) is 0.125. The number of furan rings is 1. The van der Waals surface area contributed by atoms with E-state index in [1.165, 1.54) is 18.5 Å². The van der Waals surface area contributed by atoms with Crippen molar-refractivity contribution in [2.75, 3.05) is 11.9 Å². The van der Waals surface area contributed by atoms with Crippen LogP contribution in [0.2, 0.25) is 5.02 Å². The molecule has 0 fully saturated rings. The van der Waals surface area contributed by atoms with E-state index >= 15 is 0 Å². The second kappa shape index (κ2) is 6.94. The zero-order chi connectivity index (χ0) is 17.3. The van der Waals surface area contributed by atoms with Crippen LogP contribution in [0.25, 0.3) is 11.0 Å². The summed E-state index contributed by atoms with van der Waals surface area (Å²) in [7, 11) is 0. The van der Waals surface area contributed by atoms with Crippen molar-refractivity contribution in [1.29, 1.82) is 0 Å². The highest BCUT2D eigenvalue weighted by Crippen LogP contribution is 2.37. The first-order chi connectivity index (χ1) is 11.5. The molecule has 3 aromatic rings. The third-order valence-corrected chi connectivity index (χ3v) is 4.15. The fourth-order valence-electron chi connectivity index (χ4n) is 2.17. The highest BCUT2D eigenvalue weighted by atomic mass is 127. The predicted octanol–water partition coefficient (Wildman–Crippen LogP) is 5.15. The van der Waals surface area contributed by atoms with E-state index in [1.54, 1.807) is 19.1 Å². The molecule has 124 valence electrons. The molecular formula is C16H11ClFIN2O3. The van der Waals surface area contributed by atoms with Crippen molar-refractivity contribution in [3.63, 3.8) is 0 Å². The number of fused-ring (bicyclic) bond motifs is 1. The van der Waals surface area contributed by atoms with Crippen LogP contribution in [0.1, 0.15) is 17.5 Å². The SMILES string of the molecule is CCOC(=O)c1oc2c(Cl)cncc2c1Nc1ccc(I)cc1F. The molecule has 24 heavy (non-hydrogen) atoms. The summed E-state index contributed by atoms with van der Waals surface area (Å²) in [5.41, 5.74) is 0.741. The average Bonchev–Trinajstić information content (AvgIpc) is 2.90. The van der Waals surface area contributed by atoms with Gasteiger partial charge in [0.25, 0.3) is 0 Å². The Labute approximate surface area is 155 Å². The number of hydrogen-bond donors (Lipinski definition) is 1. The molecule has 0 saturated heterocycles. The monoisotopic (exact) mass is 460 g/mol. The molecule has 0 bridgehead atoms. The number of benzene rings is 1. The predicted molar refractivity (Wildman–Crippen MR) is 97.4 cm³/mol. The van der Waals surface area contributed by atoms with Gasteiger partial charge in [-0.3, -0.25) is 4.98 Å². The molecule has 0 radical (unpaired) electrons. The summed E-state index contributed by atoms with van der Waals surface area (Å²) in [5.74, 6) is -1.21. The van der Waals surface area contributed by atoms with E-state index in [1.807, 2.05) is 22.6 Å². The minimum atomic E-state index is -0.668. The van der Waals surface area contributed by atoms with Crippen LogP contribution >= 0.6 is 34.2 Å². The van der Waals surface area contributed by atoms with Gasteiger partial charge in [-0.25, -0.2) is 9.18 Å². The second-order valence-electron chi connectivity index (χ2n) is 4.77. The van der Waals surface area contributed by atoms with Crippen LogP contribution in [0.5, 0.6) is 0 Å². The Morgan fingerprint density at radius 3 is 2.96 bits per heavy atom. The van der Waals surface area contributed by atoms with E-state index in [4.69, 9.17) is 20.8 Å². The smallest absolute Gasteiger partial charge is 0.376 e. The topological polar surface area (TPSA) is 64.4 Å². The molecule has 0 aliphatic rings. The maximum absolute atomic E-state index is 14.1. The van der Waals surface area contributed by atoms with Crippen molar-refractivity contribution in [3.8, 4) is 0 Å². The van der Waals surface area contributed by atoms with Crippen molar-refractivity contribution in [2.45, 2.75) is 6.92 Å². The quantitative estimate of drug-likeness (QED) is 0.431. The van der Waals surface area contributed by atoms with E-state index in [9.17, 15) is 9.18 Å². The third-order valence-electron chi connectivity index (χ3n) is 3.21. The van der Waals surface area contributed by atoms with Gasteiger partial charge in [-0.15, -0.1) is 0 Å². The molecule has 0 saturated carbocycles. The van der Waals surface area contributed by atoms with E-state index in [-0.39, 0.29) is 34.3 Å². The zero-order valence-corrected chi connectivity index (χ0v) is 15.3. The number of nitrogens with one attached hydrogen (secondary N) is 1. The van der Waals surface area contributed by atoms with Crippen molar-refractivity contribution in [1.82, 2.24) is 4.98 Å². The standard InChI is InChI=1S/C16H11ClFIN2O3/c1-2-23-16(22)15-13(9-6-20-7-10(17)14(9)24-15)21-12-4-3-8(19)5-11(12)18/h3-7,21H,2H2,1H3. The number of anilines is 2. The fourth-order valence-corrected chi connectivity index (χ4v) is 2.82. The Kier molecular flexibility index (Phi) is 4.91. The molecule has 2 aromatic heterocycles. The first-order valence-electron chi connectivity index (χ1n) is 6.96. The lowest BCUT2D eigenvalue weighted by Gasteiger charge is -2.08. The molecule has 1 aromatic carbocycles. The number of pyridine rings is 1. The Bertz CT molecular complexity index is 929. The number of ether oxygens (including phenoxy) is 1. The van der Waals surface area contributed by atoms with E-state index in [2.05, 4.69) is 10.3 Å². The van der Waals surface area contributed by atoms with Gasteiger partial charge in [0, 0.05) is 16.0 Å². The van der Waals surface area contributed by atoms with Crippen LogP contribution in [0.15, 0.2) is 35.0 Å². The van der Waals surface area contributed by atoms with E-state index in [0.29, 0.717) is 5.39 Å². The van der Waals surface area contributed by atoms with Gasteiger partial charge in [0.2, 0.25) is 5.76 Å². The lowest BCUT2D eigenvalue weighted by Crippen LogP contribution is -2.06. The number of rotatable bonds is 4. The van der Waals surface area contributed by atoms with Gasteiger partial charge in [0.05, 0.1) is 17.7 Å². The van der Waals surface area contributed by atoms with Crippen LogP contribution in [-0.2, 0) is 4.74 Å². The molecule has 2 heterocycles. The van der Waals surface area contributed by atoms with Gasteiger partial charge in [-0.05, 0) is 47.7 Å². The molecular weight excluding hydrogens is 450 g/mol. The van der Waals surface area contributed by atoms with Crippen LogP contribution in [0.4, 0.5) is 15.8 Å². The molecule has 8 heteroatoms. The first-order valence-corrected chi connectivity index (χ1v) is 8.42. The summed E-state index contributed by atoms with van der Waals surface area (Å²) >= 11 is 8.08. The molecule has 0 atom stereocenters. The van der Waals surface area contributed by atoms with Crippen molar-refractivity contribution < 1.29 is 18.3 Å². The normalized spacial score (nSPS) is 10.8. The molecule has 0 spiro atoms. The molecule has 0 amide bonds. The number of nitrogens with zero attached hydrogens (tertiary/aromatic N) is 1. The van der Waals surface area contributed by atoms with Gasteiger partial charge in [-0.1, -0.05) is 11.6 Å². The van der Waals surface area contributed by atoms with Gasteiger partial charge < -0.3 is 14.5 Å². The highest BCUT2D eigenvalue weighted by molar-refractivity contribution is 14.1. The Morgan fingerprint density at radius 1 is 1.46 bits per heavy atom. The summed E-state index contributed by atoms with van der Waals surface area (Å²) in [5, 5.41) is 3.59. The van der Waals surface area contributed by atoms with Gasteiger partial charge in [-0.2, -0.15) is 0 Å². The number of carbonyl (C=O) groups is 1. The first kappa shape index (κ1) is 17.0. The molecule has 0 unspecified atom stereocenters. The van der Waals surface area contributed by atoms with Crippen molar-refractivity contribution in [3.05, 3.63) is 50.8 Å². The largest absolute Gasteiger partial charge is 0.460 e. The number of carbonyl (C=O) groups excluding carboxylic acids is 1. The highest BCUT2D eigenvalue weighted by Gasteiger charge is 2.24. The third kappa shape index (κ3) is 3.18.